The van der Waals surface area contributed by atoms with Crippen LogP contribution in [-0.2, 0) is 18.0 Å². The highest BCUT2D eigenvalue weighted by atomic mass is 35.5. The van der Waals surface area contributed by atoms with Crippen LogP contribution in [0, 0.1) is 0 Å². The first-order valence-corrected chi connectivity index (χ1v) is 12.1. The van der Waals surface area contributed by atoms with Crippen molar-refractivity contribution in [3.8, 4) is 11.5 Å². The highest BCUT2D eigenvalue weighted by molar-refractivity contribution is 6.31. The number of nitrogens with one attached hydrogen (secondary N) is 1. The predicted octanol–water partition coefficient (Wildman–Crippen LogP) is 6.71. The third-order valence-electron chi connectivity index (χ3n) is 5.55. The van der Waals surface area contributed by atoms with E-state index in [1.807, 2.05) is 24.3 Å². The zero-order valence-corrected chi connectivity index (χ0v) is 21.1. The smallest absolute Gasteiger partial charge is 0.331 e. The molecule has 37 heavy (non-hydrogen) atoms. The van der Waals surface area contributed by atoms with Crippen molar-refractivity contribution in [3.05, 3.63) is 129 Å². The van der Waals surface area contributed by atoms with Crippen molar-refractivity contribution in [2.45, 2.75) is 19.3 Å². The van der Waals surface area contributed by atoms with Crippen LogP contribution in [0.4, 0.5) is 0 Å². The average Bonchev–Trinajstić information content (AvgIpc) is 2.91. The van der Waals surface area contributed by atoms with Gasteiger partial charge in [0.1, 0.15) is 13.2 Å². The van der Waals surface area contributed by atoms with E-state index in [4.69, 9.17) is 32.7 Å². The molecule has 4 rings (SSSR count). The SMILES string of the molecule is O=C(NC(C(=O)O)c1cccc(OCc2ccccc2Cl)c1OCc1ccccc1Cl)c1ccccc1. The molecule has 2 N–H and O–H groups in total. The second-order valence-corrected chi connectivity index (χ2v) is 8.86. The number of carbonyl (C=O) groups is 2. The number of amides is 1. The summed E-state index contributed by atoms with van der Waals surface area (Å²) in [6.45, 7) is 0.178. The van der Waals surface area contributed by atoms with E-state index in [0.29, 0.717) is 26.9 Å². The van der Waals surface area contributed by atoms with E-state index in [2.05, 4.69) is 5.32 Å². The van der Waals surface area contributed by atoms with Gasteiger partial charge in [0.2, 0.25) is 0 Å². The lowest BCUT2D eigenvalue weighted by molar-refractivity contribution is -0.139. The molecule has 0 aliphatic rings. The number of hydrogen-bond acceptors (Lipinski definition) is 4. The van der Waals surface area contributed by atoms with Crippen molar-refractivity contribution in [1.82, 2.24) is 5.32 Å². The Bertz CT molecular complexity index is 1390. The van der Waals surface area contributed by atoms with Crippen LogP contribution in [0.3, 0.4) is 0 Å². The molecule has 0 saturated heterocycles. The Morgan fingerprint density at radius 1 is 0.730 bits per heavy atom. The van der Waals surface area contributed by atoms with Gasteiger partial charge in [-0.25, -0.2) is 4.79 Å². The summed E-state index contributed by atoms with van der Waals surface area (Å²) < 4.78 is 12.2. The number of ether oxygens (including phenoxy) is 2. The summed E-state index contributed by atoms with van der Waals surface area (Å²) >= 11 is 12.6. The fourth-order valence-electron chi connectivity index (χ4n) is 3.64. The van der Waals surface area contributed by atoms with Crippen LogP contribution in [0.5, 0.6) is 11.5 Å². The third kappa shape index (κ3) is 6.61. The molecule has 0 saturated carbocycles. The number of benzene rings is 4. The first-order valence-electron chi connectivity index (χ1n) is 11.4. The van der Waals surface area contributed by atoms with Gasteiger partial charge in [-0.05, 0) is 30.3 Å². The van der Waals surface area contributed by atoms with Gasteiger partial charge in [0.15, 0.2) is 17.5 Å². The summed E-state index contributed by atoms with van der Waals surface area (Å²) in [4.78, 5) is 25.2. The average molecular weight is 536 g/mol. The van der Waals surface area contributed by atoms with Crippen LogP contribution in [0.2, 0.25) is 10.0 Å². The summed E-state index contributed by atoms with van der Waals surface area (Å²) in [5.41, 5.74) is 2.01. The number of para-hydroxylation sites is 1. The number of carboxylic acids is 1. The van der Waals surface area contributed by atoms with Crippen molar-refractivity contribution in [3.63, 3.8) is 0 Å². The maximum absolute atomic E-state index is 12.8. The Hall–Kier alpha value is -4.00. The Morgan fingerprint density at radius 3 is 1.89 bits per heavy atom. The molecule has 8 heteroatoms. The molecule has 6 nitrogen and oxygen atoms in total. The van der Waals surface area contributed by atoms with Crippen LogP contribution in [0.15, 0.2) is 97.1 Å². The molecular weight excluding hydrogens is 513 g/mol. The van der Waals surface area contributed by atoms with Crippen LogP contribution in [0.25, 0.3) is 0 Å². The van der Waals surface area contributed by atoms with Gasteiger partial charge in [0, 0.05) is 32.3 Å². The van der Waals surface area contributed by atoms with Crippen molar-refractivity contribution in [2.24, 2.45) is 0 Å². The van der Waals surface area contributed by atoms with Gasteiger partial charge < -0.3 is 19.9 Å². The maximum atomic E-state index is 12.8. The first-order chi connectivity index (χ1) is 17.9. The molecule has 1 atom stereocenters. The van der Waals surface area contributed by atoms with Gasteiger partial charge in [-0.1, -0.05) is 89.9 Å². The number of rotatable bonds is 10. The van der Waals surface area contributed by atoms with Gasteiger partial charge in [0.05, 0.1) is 0 Å². The van der Waals surface area contributed by atoms with Gasteiger partial charge in [-0.2, -0.15) is 0 Å². The van der Waals surface area contributed by atoms with Crippen molar-refractivity contribution in [1.29, 1.82) is 0 Å². The van der Waals surface area contributed by atoms with E-state index in [1.165, 1.54) is 0 Å². The van der Waals surface area contributed by atoms with Gasteiger partial charge in [-0.15, -0.1) is 0 Å². The number of aliphatic carboxylic acids is 1. The highest BCUT2D eigenvalue weighted by Gasteiger charge is 2.28. The zero-order valence-electron chi connectivity index (χ0n) is 19.6. The lowest BCUT2D eigenvalue weighted by atomic mass is 10.0. The molecule has 1 unspecified atom stereocenters. The maximum Gasteiger partial charge on any atom is 0.331 e. The van der Waals surface area contributed by atoms with Crippen molar-refractivity contribution in [2.75, 3.05) is 0 Å². The Kier molecular flexibility index (Phi) is 8.67. The number of halogens is 2. The lowest BCUT2D eigenvalue weighted by Crippen LogP contribution is -2.34. The molecule has 0 aromatic heterocycles. The van der Waals surface area contributed by atoms with E-state index in [0.717, 1.165) is 5.56 Å². The van der Waals surface area contributed by atoms with Crippen molar-refractivity contribution >= 4 is 35.1 Å². The fraction of sp³-hybridized carbons (Fsp3) is 0.103. The predicted molar refractivity (Wildman–Crippen MR) is 142 cm³/mol. The molecule has 0 bridgehead atoms. The van der Waals surface area contributed by atoms with E-state index in [-0.39, 0.29) is 24.5 Å². The Balaban J connectivity index is 1.68. The Morgan fingerprint density at radius 2 is 1.30 bits per heavy atom. The molecule has 0 fully saturated rings. The fourth-order valence-corrected chi connectivity index (χ4v) is 4.02. The molecule has 0 heterocycles. The molecule has 1 amide bonds. The second-order valence-electron chi connectivity index (χ2n) is 8.05. The standard InChI is InChI=1S/C29H23Cl2NO5/c30-23-14-6-4-11-20(23)17-36-25-16-8-13-22(27(25)37-18-21-12-5-7-15-24(21)31)26(29(34)35)32-28(33)19-9-2-1-3-10-19/h1-16,26H,17-18H2,(H,32,33)(H,34,35). The van der Waals surface area contributed by atoms with Crippen LogP contribution >= 0.6 is 23.2 Å². The molecular formula is C29H23Cl2NO5. The number of carbonyl (C=O) groups excluding carboxylic acids is 1. The van der Waals surface area contributed by atoms with Crippen LogP contribution in [0.1, 0.15) is 33.1 Å². The molecule has 4 aromatic carbocycles. The van der Waals surface area contributed by atoms with E-state index in [1.54, 1.807) is 72.8 Å². The summed E-state index contributed by atoms with van der Waals surface area (Å²) in [5.74, 6) is -1.32. The summed E-state index contributed by atoms with van der Waals surface area (Å²) in [6, 6.07) is 26.3. The van der Waals surface area contributed by atoms with Gasteiger partial charge in [-0.3, -0.25) is 4.79 Å². The molecule has 0 aliphatic carbocycles. The number of hydrogen-bond donors (Lipinski definition) is 2. The van der Waals surface area contributed by atoms with E-state index < -0.39 is 17.9 Å². The summed E-state index contributed by atoms with van der Waals surface area (Å²) in [7, 11) is 0. The molecule has 0 aliphatic heterocycles. The van der Waals surface area contributed by atoms with Crippen LogP contribution in [-0.4, -0.2) is 17.0 Å². The highest BCUT2D eigenvalue weighted by Crippen LogP contribution is 2.37. The minimum atomic E-state index is -1.40. The number of carboxylic acid groups (broad SMARTS) is 1. The topological polar surface area (TPSA) is 84.9 Å². The normalized spacial score (nSPS) is 11.4. The monoisotopic (exact) mass is 535 g/mol. The third-order valence-corrected chi connectivity index (χ3v) is 6.29. The summed E-state index contributed by atoms with van der Waals surface area (Å²) in [5, 5.41) is 13.7. The molecule has 0 spiro atoms. The molecule has 0 radical (unpaired) electrons. The largest absolute Gasteiger partial charge is 0.485 e. The quantitative estimate of drug-likeness (QED) is 0.236. The van der Waals surface area contributed by atoms with Crippen LogP contribution < -0.4 is 14.8 Å². The first kappa shape index (κ1) is 26.1. The summed E-state index contributed by atoms with van der Waals surface area (Å²) in [6.07, 6.45) is 0. The molecule has 188 valence electrons. The van der Waals surface area contributed by atoms with E-state index in [9.17, 15) is 14.7 Å². The lowest BCUT2D eigenvalue weighted by Gasteiger charge is -2.21. The Labute approximate surface area is 224 Å². The van der Waals surface area contributed by atoms with Gasteiger partial charge in [0.25, 0.3) is 5.91 Å². The minimum Gasteiger partial charge on any atom is -0.485 e. The van der Waals surface area contributed by atoms with Gasteiger partial charge >= 0.3 is 5.97 Å². The zero-order chi connectivity index (χ0) is 26.2. The second kappa shape index (κ2) is 12.3. The van der Waals surface area contributed by atoms with E-state index >= 15 is 0 Å². The van der Waals surface area contributed by atoms with Crippen molar-refractivity contribution < 1.29 is 24.2 Å². The minimum absolute atomic E-state index is 0.0537. The molecule has 4 aromatic rings.